The molecule has 10 heteroatoms. The number of nitrogens with one attached hydrogen (secondary N) is 1. The Labute approximate surface area is 201 Å². The van der Waals surface area contributed by atoms with Gasteiger partial charge in [-0.05, 0) is 42.3 Å². The summed E-state index contributed by atoms with van der Waals surface area (Å²) < 4.78 is 55.2. The number of rotatable bonds is 7. The second-order valence-electron chi connectivity index (χ2n) is 7.80. The molecule has 2 aromatic carbocycles. The summed E-state index contributed by atoms with van der Waals surface area (Å²) in [6, 6.07) is 9.27. The van der Waals surface area contributed by atoms with Gasteiger partial charge in [0, 0.05) is 35.1 Å². The number of carbonyl (C=O) groups excluding carboxylic acids is 1. The summed E-state index contributed by atoms with van der Waals surface area (Å²) in [6.07, 6.45) is 1.33. The maximum atomic E-state index is 14.8. The highest BCUT2D eigenvalue weighted by atomic mass is 35.5. The van der Waals surface area contributed by atoms with E-state index >= 15 is 0 Å². The van der Waals surface area contributed by atoms with Crippen molar-refractivity contribution in [2.75, 3.05) is 11.5 Å². The number of sulfone groups is 1. The van der Waals surface area contributed by atoms with Gasteiger partial charge in [0.25, 0.3) is 5.91 Å². The lowest BCUT2D eigenvalue weighted by Gasteiger charge is -2.20. The van der Waals surface area contributed by atoms with Crippen LogP contribution in [0.1, 0.15) is 40.1 Å². The number of hydrogen-bond acceptors (Lipinski definition) is 4. The van der Waals surface area contributed by atoms with Crippen LogP contribution in [-0.4, -0.2) is 30.4 Å². The molecule has 6 nitrogen and oxygen atoms in total. The van der Waals surface area contributed by atoms with E-state index in [0.717, 1.165) is 12.1 Å². The molecule has 0 aliphatic rings. The maximum absolute atomic E-state index is 14.8. The Hall–Kier alpha value is -3.22. The Morgan fingerprint density at radius 2 is 1.88 bits per heavy atom. The Balaban J connectivity index is 2.14. The normalized spacial score (nSPS) is 12.3. The molecule has 3 aromatic rings. The van der Waals surface area contributed by atoms with Gasteiger partial charge >= 0.3 is 0 Å². The first kappa shape index (κ1) is 25.4. The number of nitriles is 1. The van der Waals surface area contributed by atoms with Crippen molar-refractivity contribution in [2.24, 2.45) is 7.05 Å². The lowest BCUT2D eigenvalue weighted by molar-refractivity contribution is 0.0941. The van der Waals surface area contributed by atoms with Gasteiger partial charge in [0.2, 0.25) is 0 Å². The average molecular weight is 506 g/mol. The van der Waals surface area contributed by atoms with Crippen molar-refractivity contribution < 1.29 is 22.0 Å². The number of halogens is 3. The zero-order valence-corrected chi connectivity index (χ0v) is 20.3. The molecule has 0 bridgehead atoms. The molecule has 0 unspecified atom stereocenters. The maximum Gasteiger partial charge on any atom is 0.254 e. The largest absolute Gasteiger partial charge is 0.344 e. The lowest BCUT2D eigenvalue weighted by Crippen LogP contribution is -2.34. The summed E-state index contributed by atoms with van der Waals surface area (Å²) in [5.41, 5.74) is -0.00512. The molecule has 34 heavy (non-hydrogen) atoms. The topological polar surface area (TPSA) is 92.0 Å². The quantitative estimate of drug-likeness (QED) is 0.503. The fourth-order valence-electron chi connectivity index (χ4n) is 3.70. The number of aryl methyl sites for hydroxylation is 1. The summed E-state index contributed by atoms with van der Waals surface area (Å²) in [4.78, 5) is 13.4. The number of hydrogen-bond donors (Lipinski definition) is 1. The Morgan fingerprint density at radius 3 is 2.50 bits per heavy atom. The van der Waals surface area contributed by atoms with Gasteiger partial charge < -0.3 is 9.88 Å². The summed E-state index contributed by atoms with van der Waals surface area (Å²) in [5.74, 6) is -2.76. The number of amides is 1. The lowest BCUT2D eigenvalue weighted by atomic mass is 9.95. The predicted octanol–water partition coefficient (Wildman–Crippen LogP) is 4.71. The molecule has 0 fully saturated rings. The second-order valence-corrected chi connectivity index (χ2v) is 10.6. The van der Waals surface area contributed by atoms with E-state index in [1.54, 1.807) is 24.3 Å². The summed E-state index contributed by atoms with van der Waals surface area (Å²) >= 11 is 6.07. The minimum atomic E-state index is -3.52. The van der Waals surface area contributed by atoms with Crippen LogP contribution >= 0.6 is 11.6 Å². The van der Waals surface area contributed by atoms with E-state index in [1.165, 1.54) is 31.7 Å². The highest BCUT2D eigenvalue weighted by molar-refractivity contribution is 7.91. The van der Waals surface area contributed by atoms with Crippen molar-refractivity contribution >= 4 is 27.3 Å². The first-order chi connectivity index (χ1) is 16.0. The Kier molecular flexibility index (Phi) is 7.44. The smallest absolute Gasteiger partial charge is 0.254 e. The van der Waals surface area contributed by atoms with E-state index in [-0.39, 0.29) is 33.7 Å². The van der Waals surface area contributed by atoms with E-state index in [9.17, 15) is 27.3 Å². The molecule has 0 saturated carbocycles. The second kappa shape index (κ2) is 9.95. The average Bonchev–Trinajstić information content (AvgIpc) is 3.12. The van der Waals surface area contributed by atoms with Crippen LogP contribution in [0.4, 0.5) is 8.78 Å². The van der Waals surface area contributed by atoms with Crippen molar-refractivity contribution in [2.45, 2.75) is 19.9 Å². The molecule has 0 saturated heterocycles. The van der Waals surface area contributed by atoms with Crippen LogP contribution in [0.2, 0.25) is 5.02 Å². The Bertz CT molecular complexity index is 1410. The molecular formula is C24H22ClF2N3O3S. The van der Waals surface area contributed by atoms with Gasteiger partial charge in [-0.1, -0.05) is 30.7 Å². The van der Waals surface area contributed by atoms with E-state index < -0.39 is 39.2 Å². The fourth-order valence-corrected chi connectivity index (χ4v) is 4.92. The standard InChI is InChI=1S/C24H22ClF2N3O3S/c1-4-34(32,33)13-20(15-6-5-7-16(25)10-15)29-24(31)17-12-30(3)21(11-28)23(17)22-14(2)18(26)8-9-19(22)27/h5-10,12,20H,4,13H2,1-3H3,(H,29,31)/t20-/m1/s1. The third kappa shape index (κ3) is 5.13. The first-order valence-electron chi connectivity index (χ1n) is 10.3. The van der Waals surface area contributed by atoms with Crippen LogP contribution in [0.3, 0.4) is 0 Å². The fraction of sp³-hybridized carbons (Fsp3) is 0.250. The minimum absolute atomic E-state index is 0.0433. The van der Waals surface area contributed by atoms with Gasteiger partial charge in [0.15, 0.2) is 9.84 Å². The van der Waals surface area contributed by atoms with Gasteiger partial charge in [-0.25, -0.2) is 17.2 Å². The molecule has 0 spiro atoms. The minimum Gasteiger partial charge on any atom is -0.344 e. The van der Waals surface area contributed by atoms with Crippen molar-refractivity contribution in [3.05, 3.63) is 81.6 Å². The highest BCUT2D eigenvalue weighted by Crippen LogP contribution is 2.35. The zero-order chi connectivity index (χ0) is 25.2. The van der Waals surface area contributed by atoms with Crippen molar-refractivity contribution in [1.82, 2.24) is 9.88 Å². The van der Waals surface area contributed by atoms with Gasteiger partial charge in [-0.2, -0.15) is 5.26 Å². The van der Waals surface area contributed by atoms with Crippen LogP contribution in [-0.2, 0) is 16.9 Å². The van der Waals surface area contributed by atoms with E-state index in [4.69, 9.17) is 11.6 Å². The van der Waals surface area contributed by atoms with Crippen LogP contribution < -0.4 is 5.32 Å². The molecular weight excluding hydrogens is 484 g/mol. The molecule has 0 radical (unpaired) electrons. The van der Waals surface area contributed by atoms with Crippen LogP contribution in [0.5, 0.6) is 0 Å². The Morgan fingerprint density at radius 1 is 1.21 bits per heavy atom. The molecule has 178 valence electrons. The summed E-state index contributed by atoms with van der Waals surface area (Å²) in [6.45, 7) is 2.85. The van der Waals surface area contributed by atoms with Crippen molar-refractivity contribution in [1.29, 1.82) is 5.26 Å². The van der Waals surface area contributed by atoms with Gasteiger partial charge in [-0.3, -0.25) is 4.79 Å². The van der Waals surface area contributed by atoms with Crippen molar-refractivity contribution in [3.63, 3.8) is 0 Å². The van der Waals surface area contributed by atoms with Gasteiger partial charge in [0.1, 0.15) is 23.4 Å². The summed E-state index contributed by atoms with van der Waals surface area (Å²) in [7, 11) is -2.02. The SMILES string of the molecule is CCS(=O)(=O)C[C@@H](NC(=O)c1cn(C)c(C#N)c1-c1c(F)ccc(F)c1C)c1cccc(Cl)c1. The third-order valence-corrected chi connectivity index (χ3v) is 7.50. The van der Waals surface area contributed by atoms with Gasteiger partial charge in [0.05, 0.1) is 17.4 Å². The molecule has 0 aliphatic carbocycles. The number of benzene rings is 2. The number of nitrogens with zero attached hydrogens (tertiary/aromatic N) is 2. The number of aromatic nitrogens is 1. The molecule has 1 amide bonds. The molecule has 1 atom stereocenters. The molecule has 1 aromatic heterocycles. The van der Waals surface area contributed by atoms with Crippen LogP contribution in [0, 0.1) is 29.9 Å². The predicted molar refractivity (Wildman–Crippen MR) is 126 cm³/mol. The first-order valence-corrected chi connectivity index (χ1v) is 12.5. The molecule has 3 rings (SSSR count). The monoisotopic (exact) mass is 505 g/mol. The van der Waals surface area contributed by atoms with E-state index in [1.807, 2.05) is 6.07 Å². The summed E-state index contributed by atoms with van der Waals surface area (Å²) in [5, 5.41) is 12.7. The zero-order valence-electron chi connectivity index (χ0n) is 18.7. The van der Waals surface area contributed by atoms with Gasteiger partial charge in [-0.15, -0.1) is 0 Å². The van der Waals surface area contributed by atoms with E-state index in [0.29, 0.717) is 10.6 Å². The number of carbonyl (C=O) groups is 1. The van der Waals surface area contributed by atoms with Crippen LogP contribution in [0.15, 0.2) is 42.6 Å². The third-order valence-electron chi connectivity index (χ3n) is 5.55. The molecule has 1 heterocycles. The molecule has 0 aliphatic heterocycles. The van der Waals surface area contributed by atoms with Crippen molar-refractivity contribution in [3.8, 4) is 17.2 Å². The highest BCUT2D eigenvalue weighted by Gasteiger charge is 2.28. The van der Waals surface area contributed by atoms with Crippen LogP contribution in [0.25, 0.3) is 11.1 Å². The van der Waals surface area contributed by atoms with E-state index in [2.05, 4.69) is 5.32 Å². The molecule has 1 N–H and O–H groups in total.